The van der Waals surface area contributed by atoms with Gasteiger partial charge in [-0.3, -0.25) is 0 Å². The van der Waals surface area contributed by atoms with Crippen LogP contribution in [0.25, 0.3) is 0 Å². The van der Waals surface area contributed by atoms with Crippen LogP contribution in [0.15, 0.2) is 0 Å². The third kappa shape index (κ3) is 1.14. The zero-order valence-corrected chi connectivity index (χ0v) is 4.13. The quantitative estimate of drug-likeness (QED) is 0.550. The molecule has 0 amide bonds. The topological polar surface area (TPSA) is 29.5 Å². The van der Waals surface area contributed by atoms with Gasteiger partial charge in [0.1, 0.15) is 0 Å². The summed E-state index contributed by atoms with van der Waals surface area (Å²) in [6.07, 6.45) is 0.792. The summed E-state index contributed by atoms with van der Waals surface area (Å²) < 4.78 is 4.86. The van der Waals surface area contributed by atoms with Crippen molar-refractivity contribution in [1.29, 1.82) is 0 Å². The fourth-order valence-electron chi connectivity index (χ4n) is 0.570. The lowest BCUT2D eigenvalue weighted by Gasteiger charge is -2.24. The van der Waals surface area contributed by atoms with Crippen LogP contribution in [0.1, 0.15) is 6.42 Å². The minimum atomic E-state index is 0.602. The van der Waals surface area contributed by atoms with Crippen molar-refractivity contribution < 1.29 is 9.84 Å². The van der Waals surface area contributed by atoms with E-state index in [4.69, 9.17) is 9.84 Å². The Morgan fingerprint density at radius 1 is 1.71 bits per heavy atom. The van der Waals surface area contributed by atoms with Gasteiger partial charge in [0.15, 0.2) is 0 Å². The second-order valence-electron chi connectivity index (χ2n) is 1.82. The SMILES string of the molecule is O[CH]CC1COC1. The highest BCUT2D eigenvalue weighted by Crippen LogP contribution is 2.13. The zero-order chi connectivity index (χ0) is 5.11. The van der Waals surface area contributed by atoms with Crippen LogP contribution >= 0.6 is 0 Å². The Kier molecular flexibility index (Phi) is 1.65. The summed E-state index contributed by atoms with van der Waals surface area (Å²) in [6, 6.07) is 0. The molecule has 0 aromatic carbocycles. The highest BCUT2D eigenvalue weighted by molar-refractivity contribution is 4.67. The Morgan fingerprint density at radius 2 is 2.43 bits per heavy atom. The summed E-state index contributed by atoms with van der Waals surface area (Å²) in [6.45, 7) is 2.86. The second-order valence-corrected chi connectivity index (χ2v) is 1.82. The van der Waals surface area contributed by atoms with Gasteiger partial charge in [-0.15, -0.1) is 0 Å². The summed E-state index contributed by atoms with van der Waals surface area (Å²) >= 11 is 0. The first kappa shape index (κ1) is 5.06. The number of aliphatic hydroxyl groups is 1. The van der Waals surface area contributed by atoms with Crippen molar-refractivity contribution in [3.8, 4) is 0 Å². The van der Waals surface area contributed by atoms with Crippen molar-refractivity contribution in [2.24, 2.45) is 5.92 Å². The number of ether oxygens (including phenoxy) is 1. The summed E-state index contributed by atoms with van der Waals surface area (Å²) in [4.78, 5) is 0. The van der Waals surface area contributed by atoms with E-state index in [0.29, 0.717) is 5.92 Å². The molecule has 0 bridgehead atoms. The zero-order valence-electron chi connectivity index (χ0n) is 4.13. The van der Waals surface area contributed by atoms with E-state index in [1.54, 1.807) is 0 Å². The fourth-order valence-corrected chi connectivity index (χ4v) is 0.570. The molecule has 1 radical (unpaired) electrons. The molecule has 2 heteroatoms. The molecule has 0 unspecified atom stereocenters. The maximum absolute atomic E-state index is 8.22. The highest BCUT2D eigenvalue weighted by Gasteiger charge is 2.16. The lowest BCUT2D eigenvalue weighted by molar-refractivity contribution is -0.0359. The Balaban J connectivity index is 1.93. The predicted octanol–water partition coefficient (Wildman–Crippen LogP) is 0.557. The monoisotopic (exact) mass is 101 g/mol. The molecular weight excluding hydrogens is 92.1 g/mol. The number of hydrogen-bond donors (Lipinski definition) is 1. The first-order chi connectivity index (χ1) is 3.43. The van der Waals surface area contributed by atoms with Gasteiger partial charge in [-0.1, -0.05) is 0 Å². The lowest BCUT2D eigenvalue weighted by Crippen LogP contribution is -2.27. The Labute approximate surface area is 43.1 Å². The van der Waals surface area contributed by atoms with Gasteiger partial charge in [-0.25, -0.2) is 0 Å². The van der Waals surface area contributed by atoms with Crippen molar-refractivity contribution >= 4 is 0 Å². The molecule has 1 saturated heterocycles. The van der Waals surface area contributed by atoms with Crippen LogP contribution < -0.4 is 0 Å². The molecule has 0 aliphatic carbocycles. The van der Waals surface area contributed by atoms with Crippen molar-refractivity contribution in [2.45, 2.75) is 6.42 Å². The Hall–Kier alpha value is -0.0800. The van der Waals surface area contributed by atoms with Crippen LogP contribution in [0.4, 0.5) is 0 Å². The summed E-state index contributed by atoms with van der Waals surface area (Å²) in [5.41, 5.74) is 0. The summed E-state index contributed by atoms with van der Waals surface area (Å²) in [7, 11) is 0. The molecule has 1 aliphatic heterocycles. The molecule has 0 aromatic heterocycles. The third-order valence-electron chi connectivity index (χ3n) is 1.15. The maximum atomic E-state index is 8.22. The molecule has 0 atom stereocenters. The van der Waals surface area contributed by atoms with Gasteiger partial charge in [0.05, 0.1) is 19.8 Å². The lowest BCUT2D eigenvalue weighted by atomic mass is 10.1. The first-order valence-electron chi connectivity index (χ1n) is 2.47. The van der Waals surface area contributed by atoms with E-state index in [0.717, 1.165) is 19.6 Å². The van der Waals surface area contributed by atoms with Crippen LogP contribution in [-0.2, 0) is 4.74 Å². The molecule has 1 rings (SSSR count). The van der Waals surface area contributed by atoms with Crippen molar-refractivity contribution in [3.05, 3.63) is 6.61 Å². The number of aliphatic hydroxyl groups excluding tert-OH is 1. The Bertz CT molecular complexity index is 50.0. The van der Waals surface area contributed by atoms with Gasteiger partial charge in [0, 0.05) is 5.92 Å². The standard InChI is InChI=1S/C5H9O2/c6-2-1-5-3-7-4-5/h2,5-6H,1,3-4H2. The van der Waals surface area contributed by atoms with E-state index in [-0.39, 0.29) is 0 Å². The first-order valence-corrected chi connectivity index (χ1v) is 2.47. The van der Waals surface area contributed by atoms with E-state index in [9.17, 15) is 0 Å². The van der Waals surface area contributed by atoms with E-state index in [2.05, 4.69) is 0 Å². The van der Waals surface area contributed by atoms with Crippen LogP contribution in [0.3, 0.4) is 0 Å². The van der Waals surface area contributed by atoms with Crippen LogP contribution in [0, 0.1) is 12.5 Å². The molecule has 2 nitrogen and oxygen atoms in total. The molecule has 1 fully saturated rings. The molecule has 0 spiro atoms. The van der Waals surface area contributed by atoms with Crippen molar-refractivity contribution in [3.63, 3.8) is 0 Å². The van der Waals surface area contributed by atoms with E-state index in [1.165, 1.54) is 6.61 Å². The van der Waals surface area contributed by atoms with Crippen LogP contribution in [-0.4, -0.2) is 18.3 Å². The number of hydrogen-bond acceptors (Lipinski definition) is 2. The highest BCUT2D eigenvalue weighted by atomic mass is 16.5. The molecule has 0 saturated carbocycles. The van der Waals surface area contributed by atoms with Gasteiger partial charge < -0.3 is 9.84 Å². The van der Waals surface area contributed by atoms with Gasteiger partial charge in [0.25, 0.3) is 0 Å². The third-order valence-corrected chi connectivity index (χ3v) is 1.15. The molecular formula is C5H9O2. The molecule has 1 aliphatic rings. The molecule has 0 aromatic rings. The minimum Gasteiger partial charge on any atom is -0.390 e. The maximum Gasteiger partial charge on any atom is 0.0803 e. The number of rotatable bonds is 2. The average molecular weight is 101 g/mol. The molecule has 1 heterocycles. The molecule has 1 N–H and O–H groups in total. The molecule has 7 heavy (non-hydrogen) atoms. The van der Waals surface area contributed by atoms with Gasteiger partial charge >= 0.3 is 0 Å². The summed E-state index contributed by atoms with van der Waals surface area (Å²) in [5, 5.41) is 8.22. The van der Waals surface area contributed by atoms with E-state index >= 15 is 0 Å². The van der Waals surface area contributed by atoms with Crippen molar-refractivity contribution in [1.82, 2.24) is 0 Å². The molecule has 41 valence electrons. The van der Waals surface area contributed by atoms with Gasteiger partial charge in [-0.2, -0.15) is 0 Å². The van der Waals surface area contributed by atoms with E-state index in [1.807, 2.05) is 0 Å². The van der Waals surface area contributed by atoms with Gasteiger partial charge in [-0.05, 0) is 6.42 Å². The Morgan fingerprint density at radius 3 is 2.57 bits per heavy atom. The smallest absolute Gasteiger partial charge is 0.0803 e. The van der Waals surface area contributed by atoms with Crippen LogP contribution in [0.2, 0.25) is 0 Å². The predicted molar refractivity (Wildman–Crippen MR) is 25.2 cm³/mol. The van der Waals surface area contributed by atoms with Crippen molar-refractivity contribution in [2.75, 3.05) is 13.2 Å². The minimum absolute atomic E-state index is 0.602. The average Bonchev–Trinajstić information content (AvgIpc) is 1.55. The second kappa shape index (κ2) is 2.28. The normalized spacial score (nSPS) is 21.9. The summed E-state index contributed by atoms with van der Waals surface area (Å²) in [5.74, 6) is 0.602. The van der Waals surface area contributed by atoms with E-state index < -0.39 is 0 Å². The van der Waals surface area contributed by atoms with Gasteiger partial charge in [0.2, 0.25) is 0 Å². The fraction of sp³-hybridized carbons (Fsp3) is 0.800. The largest absolute Gasteiger partial charge is 0.390 e. The van der Waals surface area contributed by atoms with Crippen LogP contribution in [0.5, 0.6) is 0 Å².